The van der Waals surface area contributed by atoms with Crippen LogP contribution in [0.5, 0.6) is 0 Å². The summed E-state index contributed by atoms with van der Waals surface area (Å²) in [5.74, 6) is 0.858. The summed E-state index contributed by atoms with van der Waals surface area (Å²) in [6, 6.07) is 8.35. The van der Waals surface area contributed by atoms with Crippen LogP contribution in [-0.2, 0) is 16.0 Å². The van der Waals surface area contributed by atoms with Crippen molar-refractivity contribution in [2.75, 3.05) is 13.1 Å². The predicted molar refractivity (Wildman–Crippen MR) is 92.6 cm³/mol. The largest absolute Gasteiger partial charge is 0.354 e. The lowest BCUT2D eigenvalue weighted by molar-refractivity contribution is -0.139. The summed E-state index contributed by atoms with van der Waals surface area (Å²) < 4.78 is 0. The molecule has 2 aliphatic carbocycles. The SMILES string of the molecule is O=C(NC[C@H]1CCCc2ccccc21)[C@H]1CCCN1C(=O)C1CC1. The van der Waals surface area contributed by atoms with Crippen LogP contribution in [0.1, 0.15) is 55.6 Å². The second-order valence-electron chi connectivity index (χ2n) is 7.50. The molecule has 2 fully saturated rings. The fourth-order valence-corrected chi connectivity index (χ4v) is 4.28. The summed E-state index contributed by atoms with van der Waals surface area (Å²) in [5, 5.41) is 3.15. The van der Waals surface area contributed by atoms with Crippen LogP contribution in [0.3, 0.4) is 0 Å². The molecule has 4 rings (SSSR count). The molecule has 0 aromatic heterocycles. The number of amides is 2. The highest BCUT2D eigenvalue weighted by Crippen LogP contribution is 2.34. The molecule has 2 atom stereocenters. The maximum atomic E-state index is 12.7. The number of carbonyl (C=O) groups excluding carboxylic acids is 2. The molecular weight excluding hydrogens is 300 g/mol. The van der Waals surface area contributed by atoms with E-state index in [0.29, 0.717) is 12.5 Å². The molecule has 24 heavy (non-hydrogen) atoms. The van der Waals surface area contributed by atoms with E-state index in [-0.39, 0.29) is 23.8 Å². The number of rotatable bonds is 4. The Morgan fingerprint density at radius 1 is 1.08 bits per heavy atom. The van der Waals surface area contributed by atoms with Crippen molar-refractivity contribution in [1.82, 2.24) is 10.2 Å². The maximum absolute atomic E-state index is 12.7. The van der Waals surface area contributed by atoms with Crippen molar-refractivity contribution in [3.63, 3.8) is 0 Å². The van der Waals surface area contributed by atoms with E-state index in [1.165, 1.54) is 17.5 Å². The maximum Gasteiger partial charge on any atom is 0.242 e. The molecule has 0 unspecified atom stereocenters. The van der Waals surface area contributed by atoms with E-state index >= 15 is 0 Å². The number of hydrogen-bond donors (Lipinski definition) is 1. The van der Waals surface area contributed by atoms with Gasteiger partial charge in [-0.1, -0.05) is 24.3 Å². The van der Waals surface area contributed by atoms with E-state index in [0.717, 1.165) is 45.1 Å². The molecule has 2 amide bonds. The molecule has 0 spiro atoms. The van der Waals surface area contributed by atoms with E-state index in [2.05, 4.69) is 29.6 Å². The van der Waals surface area contributed by atoms with Gasteiger partial charge in [0.25, 0.3) is 0 Å². The Morgan fingerprint density at radius 3 is 2.75 bits per heavy atom. The Morgan fingerprint density at radius 2 is 1.92 bits per heavy atom. The van der Waals surface area contributed by atoms with Gasteiger partial charge in [0.15, 0.2) is 0 Å². The second kappa shape index (κ2) is 6.58. The van der Waals surface area contributed by atoms with Crippen molar-refractivity contribution in [3.8, 4) is 0 Å². The zero-order chi connectivity index (χ0) is 16.5. The summed E-state index contributed by atoms with van der Waals surface area (Å²) in [6.45, 7) is 1.44. The molecule has 1 saturated heterocycles. The Labute approximate surface area is 143 Å². The average molecular weight is 326 g/mol. The number of benzene rings is 1. The minimum atomic E-state index is -0.239. The Kier molecular flexibility index (Phi) is 4.30. The van der Waals surface area contributed by atoms with E-state index in [1.54, 1.807) is 0 Å². The van der Waals surface area contributed by atoms with Gasteiger partial charge in [-0.15, -0.1) is 0 Å². The first-order chi connectivity index (χ1) is 11.7. The van der Waals surface area contributed by atoms with Crippen molar-refractivity contribution in [2.45, 2.75) is 56.9 Å². The Bertz CT molecular complexity index is 638. The normalized spacial score (nSPS) is 26.1. The van der Waals surface area contributed by atoms with Gasteiger partial charge in [-0.25, -0.2) is 0 Å². The summed E-state index contributed by atoms with van der Waals surface area (Å²) in [6.07, 6.45) is 7.23. The molecule has 1 aliphatic heterocycles. The van der Waals surface area contributed by atoms with Crippen LogP contribution in [0.2, 0.25) is 0 Å². The summed E-state index contributed by atoms with van der Waals surface area (Å²) in [7, 11) is 0. The number of nitrogens with zero attached hydrogens (tertiary/aromatic N) is 1. The standard InChI is InChI=1S/C20H26N2O2/c23-19(18-9-4-12-22(18)20(24)15-10-11-15)21-13-16-7-3-6-14-5-1-2-8-17(14)16/h1-2,5,8,15-16,18H,3-4,6-7,9-13H2,(H,21,23)/t16-,18-/m1/s1. The third-order valence-electron chi connectivity index (χ3n) is 5.78. The van der Waals surface area contributed by atoms with Crippen LogP contribution in [0.4, 0.5) is 0 Å². The van der Waals surface area contributed by atoms with Crippen molar-refractivity contribution in [2.24, 2.45) is 5.92 Å². The van der Waals surface area contributed by atoms with Crippen molar-refractivity contribution >= 4 is 11.8 Å². The molecule has 1 saturated carbocycles. The molecule has 1 heterocycles. The van der Waals surface area contributed by atoms with Crippen LogP contribution in [0.15, 0.2) is 24.3 Å². The zero-order valence-corrected chi connectivity index (χ0v) is 14.2. The van der Waals surface area contributed by atoms with E-state index in [4.69, 9.17) is 0 Å². The molecule has 0 radical (unpaired) electrons. The summed E-state index contributed by atoms with van der Waals surface area (Å²) in [4.78, 5) is 26.8. The molecule has 4 heteroatoms. The second-order valence-corrected chi connectivity index (χ2v) is 7.50. The highest BCUT2D eigenvalue weighted by molar-refractivity contribution is 5.90. The topological polar surface area (TPSA) is 49.4 Å². The predicted octanol–water partition coefficient (Wildman–Crippen LogP) is 2.62. The smallest absolute Gasteiger partial charge is 0.242 e. The van der Waals surface area contributed by atoms with Gasteiger partial charge in [0, 0.05) is 24.9 Å². The number of carbonyl (C=O) groups is 2. The molecule has 128 valence electrons. The van der Waals surface area contributed by atoms with Crippen LogP contribution < -0.4 is 5.32 Å². The average Bonchev–Trinajstić information content (AvgIpc) is 3.35. The van der Waals surface area contributed by atoms with Gasteiger partial charge in [0.1, 0.15) is 6.04 Å². The molecule has 1 N–H and O–H groups in total. The first-order valence-corrected chi connectivity index (χ1v) is 9.40. The van der Waals surface area contributed by atoms with Crippen LogP contribution in [0.25, 0.3) is 0 Å². The summed E-state index contributed by atoms with van der Waals surface area (Å²) in [5.41, 5.74) is 2.82. The first-order valence-electron chi connectivity index (χ1n) is 9.40. The van der Waals surface area contributed by atoms with Gasteiger partial charge >= 0.3 is 0 Å². The van der Waals surface area contributed by atoms with E-state index < -0.39 is 0 Å². The Hall–Kier alpha value is -1.84. The lowest BCUT2D eigenvalue weighted by Gasteiger charge is -2.28. The first kappa shape index (κ1) is 15.7. The third kappa shape index (κ3) is 3.06. The van der Waals surface area contributed by atoms with Gasteiger partial charge in [0.05, 0.1) is 0 Å². The molecule has 1 aromatic rings. The minimum absolute atomic E-state index is 0.0459. The minimum Gasteiger partial charge on any atom is -0.354 e. The Balaban J connectivity index is 1.37. The quantitative estimate of drug-likeness (QED) is 0.925. The molecule has 4 nitrogen and oxygen atoms in total. The lowest BCUT2D eigenvalue weighted by atomic mass is 9.83. The molecule has 0 bridgehead atoms. The molecular formula is C20H26N2O2. The fraction of sp³-hybridized carbons (Fsp3) is 0.600. The van der Waals surface area contributed by atoms with Crippen LogP contribution in [-0.4, -0.2) is 35.8 Å². The van der Waals surface area contributed by atoms with E-state index in [9.17, 15) is 9.59 Å². The monoisotopic (exact) mass is 326 g/mol. The van der Waals surface area contributed by atoms with Crippen molar-refractivity contribution < 1.29 is 9.59 Å². The number of nitrogens with one attached hydrogen (secondary N) is 1. The van der Waals surface area contributed by atoms with Gasteiger partial charge in [-0.3, -0.25) is 9.59 Å². The van der Waals surface area contributed by atoms with E-state index in [1.807, 2.05) is 4.90 Å². The zero-order valence-electron chi connectivity index (χ0n) is 14.2. The highest BCUT2D eigenvalue weighted by Gasteiger charge is 2.40. The molecule has 3 aliphatic rings. The summed E-state index contributed by atoms with van der Waals surface area (Å²) >= 11 is 0. The van der Waals surface area contributed by atoms with Gasteiger partial charge < -0.3 is 10.2 Å². The lowest BCUT2D eigenvalue weighted by Crippen LogP contribution is -2.47. The number of fused-ring (bicyclic) bond motifs is 1. The number of aryl methyl sites for hydroxylation is 1. The van der Waals surface area contributed by atoms with Gasteiger partial charge in [0.2, 0.25) is 11.8 Å². The van der Waals surface area contributed by atoms with Crippen molar-refractivity contribution in [3.05, 3.63) is 35.4 Å². The fourth-order valence-electron chi connectivity index (χ4n) is 4.28. The van der Waals surface area contributed by atoms with Gasteiger partial charge in [-0.05, 0) is 56.1 Å². The third-order valence-corrected chi connectivity index (χ3v) is 5.78. The highest BCUT2D eigenvalue weighted by atomic mass is 16.2. The number of likely N-dealkylation sites (tertiary alicyclic amines) is 1. The van der Waals surface area contributed by atoms with Crippen molar-refractivity contribution in [1.29, 1.82) is 0 Å². The van der Waals surface area contributed by atoms with Crippen LogP contribution >= 0.6 is 0 Å². The van der Waals surface area contributed by atoms with Crippen LogP contribution in [0, 0.1) is 5.92 Å². The number of hydrogen-bond acceptors (Lipinski definition) is 2. The molecule has 1 aromatic carbocycles. The van der Waals surface area contributed by atoms with Gasteiger partial charge in [-0.2, -0.15) is 0 Å².